The maximum absolute atomic E-state index is 12.9. The summed E-state index contributed by atoms with van der Waals surface area (Å²) in [7, 11) is 0. The molecule has 0 bridgehead atoms. The average molecular weight is 336 g/mol. The fraction of sp³-hybridized carbons (Fsp3) is 0.688. The zero-order valence-corrected chi connectivity index (χ0v) is 14.6. The van der Waals surface area contributed by atoms with E-state index in [1.807, 2.05) is 17.3 Å². The number of thioether (sulfide) groups is 1. The van der Waals surface area contributed by atoms with Crippen molar-refractivity contribution in [1.82, 2.24) is 19.4 Å². The highest BCUT2D eigenvalue weighted by atomic mass is 32.2. The zero-order valence-electron chi connectivity index (χ0n) is 13.8. The second-order valence-corrected chi connectivity index (χ2v) is 7.19. The molecule has 6 nitrogen and oxygen atoms in total. The lowest BCUT2D eigenvalue weighted by molar-refractivity contribution is -0.143. The van der Waals surface area contributed by atoms with Gasteiger partial charge in [0.15, 0.2) is 0 Å². The molecule has 2 aliphatic heterocycles. The van der Waals surface area contributed by atoms with E-state index in [-0.39, 0.29) is 17.9 Å². The lowest BCUT2D eigenvalue weighted by Crippen LogP contribution is -2.51. The van der Waals surface area contributed by atoms with Gasteiger partial charge in [-0.15, -0.1) is 11.8 Å². The van der Waals surface area contributed by atoms with E-state index in [1.165, 1.54) is 0 Å². The van der Waals surface area contributed by atoms with Crippen LogP contribution in [0, 0.1) is 0 Å². The zero-order chi connectivity index (χ0) is 16.4. The third kappa shape index (κ3) is 3.24. The largest absolute Gasteiger partial charge is 0.339 e. The smallest absolute Gasteiger partial charge is 0.246 e. The number of likely N-dealkylation sites (tertiary alicyclic amines) is 1. The first-order chi connectivity index (χ1) is 11.1. The molecule has 0 aromatic carbocycles. The fourth-order valence-corrected chi connectivity index (χ4v) is 4.71. The number of nitrogens with zero attached hydrogens (tertiary/aromatic N) is 4. The molecule has 2 fully saturated rings. The molecule has 0 unspecified atom stereocenters. The minimum absolute atomic E-state index is 0.00946. The molecule has 7 heteroatoms. The maximum Gasteiger partial charge on any atom is 0.246 e. The number of piperidine rings is 1. The lowest BCUT2D eigenvalue weighted by atomic mass is 10.0. The van der Waals surface area contributed by atoms with Gasteiger partial charge in [-0.3, -0.25) is 9.59 Å². The van der Waals surface area contributed by atoms with Crippen LogP contribution >= 0.6 is 11.8 Å². The molecule has 0 radical (unpaired) electrons. The molecule has 1 aromatic heterocycles. The van der Waals surface area contributed by atoms with Crippen LogP contribution in [0.4, 0.5) is 0 Å². The molecule has 2 saturated heterocycles. The van der Waals surface area contributed by atoms with E-state index in [0.29, 0.717) is 17.7 Å². The van der Waals surface area contributed by atoms with Gasteiger partial charge in [0.05, 0.1) is 11.9 Å². The molecule has 0 saturated carbocycles. The summed E-state index contributed by atoms with van der Waals surface area (Å²) in [4.78, 5) is 32.6. The Balaban J connectivity index is 1.71. The molecule has 126 valence electrons. The van der Waals surface area contributed by atoms with Gasteiger partial charge in [-0.05, 0) is 12.8 Å². The van der Waals surface area contributed by atoms with Crippen molar-refractivity contribution in [3.8, 4) is 0 Å². The molecule has 2 amide bonds. The molecule has 3 rings (SSSR count). The summed E-state index contributed by atoms with van der Waals surface area (Å²) in [6.07, 6.45) is 6.82. The number of hydrogen-bond donors (Lipinski definition) is 0. The van der Waals surface area contributed by atoms with Crippen molar-refractivity contribution in [2.45, 2.75) is 45.2 Å². The predicted molar refractivity (Wildman–Crippen MR) is 90.1 cm³/mol. The molecule has 0 aliphatic carbocycles. The predicted octanol–water partition coefficient (Wildman–Crippen LogP) is 1.53. The van der Waals surface area contributed by atoms with E-state index in [1.54, 1.807) is 23.6 Å². The van der Waals surface area contributed by atoms with E-state index in [0.717, 1.165) is 38.2 Å². The van der Waals surface area contributed by atoms with Crippen LogP contribution in [0.3, 0.4) is 0 Å². The van der Waals surface area contributed by atoms with E-state index in [4.69, 9.17) is 0 Å². The van der Waals surface area contributed by atoms with Crippen LogP contribution in [-0.2, 0) is 16.0 Å². The second kappa shape index (κ2) is 6.95. The molecule has 2 aliphatic rings. The quantitative estimate of drug-likeness (QED) is 0.840. The lowest BCUT2D eigenvalue weighted by Gasteiger charge is -2.36. The molecule has 0 N–H and O–H groups in total. The summed E-state index contributed by atoms with van der Waals surface area (Å²) in [6.45, 7) is 5.16. The van der Waals surface area contributed by atoms with Gasteiger partial charge >= 0.3 is 0 Å². The Bertz CT molecular complexity index is 588. The number of imidazole rings is 1. The van der Waals surface area contributed by atoms with Gasteiger partial charge in [-0.1, -0.05) is 6.92 Å². The van der Waals surface area contributed by atoms with Gasteiger partial charge in [0.2, 0.25) is 11.8 Å². The van der Waals surface area contributed by atoms with Crippen molar-refractivity contribution >= 4 is 23.6 Å². The van der Waals surface area contributed by atoms with Crippen molar-refractivity contribution in [2.24, 2.45) is 0 Å². The van der Waals surface area contributed by atoms with Crippen molar-refractivity contribution in [2.75, 3.05) is 24.7 Å². The Morgan fingerprint density at radius 3 is 3.00 bits per heavy atom. The normalized spacial score (nSPS) is 25.0. The third-order valence-electron chi connectivity index (χ3n) is 4.74. The van der Waals surface area contributed by atoms with Crippen LogP contribution in [0.5, 0.6) is 0 Å². The highest BCUT2D eigenvalue weighted by Gasteiger charge is 2.37. The number of aromatic nitrogens is 2. The minimum atomic E-state index is -0.287. The standard InChI is InChI=1S/C16H24N4O2S/c1-3-15-17-6-8-19(15)13-5-4-7-18(9-13)16(22)14-10-23-11-20(14)12(2)21/h6,8,13-14H,3-5,7,9-11H2,1-2H3/t13-,14-/m1/s1. The third-order valence-corrected chi connectivity index (χ3v) is 5.75. The van der Waals surface area contributed by atoms with E-state index in [9.17, 15) is 9.59 Å². The molecule has 2 atom stereocenters. The molecular formula is C16H24N4O2S. The van der Waals surface area contributed by atoms with E-state index < -0.39 is 0 Å². The Morgan fingerprint density at radius 2 is 2.26 bits per heavy atom. The molecule has 3 heterocycles. The summed E-state index contributed by atoms with van der Waals surface area (Å²) in [5.74, 6) is 2.51. The molecule has 1 aromatic rings. The molecule has 0 spiro atoms. The van der Waals surface area contributed by atoms with E-state index in [2.05, 4.69) is 16.5 Å². The van der Waals surface area contributed by atoms with Gasteiger partial charge in [-0.2, -0.15) is 0 Å². The Kier molecular flexibility index (Phi) is 4.94. The minimum Gasteiger partial charge on any atom is -0.339 e. The average Bonchev–Trinajstić information content (AvgIpc) is 3.23. The highest BCUT2D eigenvalue weighted by Crippen LogP contribution is 2.27. The van der Waals surface area contributed by atoms with Gasteiger partial charge in [0, 0.05) is 44.6 Å². The fourth-order valence-electron chi connectivity index (χ4n) is 3.50. The number of aryl methyl sites for hydroxylation is 1. The number of carbonyl (C=O) groups excluding carboxylic acids is 2. The van der Waals surface area contributed by atoms with Gasteiger partial charge in [-0.25, -0.2) is 4.98 Å². The number of hydrogen-bond acceptors (Lipinski definition) is 4. The van der Waals surface area contributed by atoms with Crippen LogP contribution in [0.25, 0.3) is 0 Å². The summed E-state index contributed by atoms with van der Waals surface area (Å²) in [6, 6.07) is 0.00895. The van der Waals surface area contributed by atoms with Crippen LogP contribution < -0.4 is 0 Å². The highest BCUT2D eigenvalue weighted by molar-refractivity contribution is 7.99. The summed E-state index contributed by atoms with van der Waals surface area (Å²) in [5, 5.41) is 0. The first-order valence-corrected chi connectivity index (χ1v) is 9.42. The summed E-state index contributed by atoms with van der Waals surface area (Å²) >= 11 is 1.66. The SMILES string of the molecule is CCc1nccn1[C@@H]1CCCN(C(=O)[C@H]2CSCN2C(C)=O)C1. The maximum atomic E-state index is 12.9. The summed E-state index contributed by atoms with van der Waals surface area (Å²) < 4.78 is 2.21. The van der Waals surface area contributed by atoms with Gasteiger partial charge < -0.3 is 14.4 Å². The Hall–Kier alpha value is -1.50. The van der Waals surface area contributed by atoms with Crippen molar-refractivity contribution in [3.05, 3.63) is 18.2 Å². The second-order valence-electron chi connectivity index (χ2n) is 6.19. The van der Waals surface area contributed by atoms with Crippen LogP contribution in [0.1, 0.15) is 38.6 Å². The Morgan fingerprint density at radius 1 is 1.43 bits per heavy atom. The first-order valence-electron chi connectivity index (χ1n) is 8.27. The molecule has 23 heavy (non-hydrogen) atoms. The monoisotopic (exact) mass is 336 g/mol. The van der Waals surface area contributed by atoms with Crippen LogP contribution in [-0.4, -0.2) is 61.9 Å². The van der Waals surface area contributed by atoms with Crippen LogP contribution in [0.2, 0.25) is 0 Å². The summed E-state index contributed by atoms with van der Waals surface area (Å²) in [5.41, 5.74) is 0. The van der Waals surface area contributed by atoms with Gasteiger partial charge in [0.25, 0.3) is 0 Å². The number of carbonyl (C=O) groups is 2. The van der Waals surface area contributed by atoms with Crippen molar-refractivity contribution in [3.63, 3.8) is 0 Å². The topological polar surface area (TPSA) is 58.4 Å². The van der Waals surface area contributed by atoms with Gasteiger partial charge in [0.1, 0.15) is 11.9 Å². The van der Waals surface area contributed by atoms with E-state index >= 15 is 0 Å². The molecular weight excluding hydrogens is 312 g/mol. The van der Waals surface area contributed by atoms with Crippen molar-refractivity contribution < 1.29 is 9.59 Å². The number of amides is 2. The van der Waals surface area contributed by atoms with Crippen LogP contribution in [0.15, 0.2) is 12.4 Å². The van der Waals surface area contributed by atoms with Crippen molar-refractivity contribution in [1.29, 1.82) is 0 Å². The number of rotatable bonds is 3. The Labute approximate surface area is 141 Å². The first kappa shape index (κ1) is 16.4.